The molecule has 0 aromatic carbocycles. The van der Waals surface area contributed by atoms with E-state index in [2.05, 4.69) is 16.4 Å². The van der Waals surface area contributed by atoms with E-state index < -0.39 is 0 Å². The van der Waals surface area contributed by atoms with E-state index in [1.165, 1.54) is 11.8 Å². The quantitative estimate of drug-likeness (QED) is 0.529. The third-order valence-electron chi connectivity index (χ3n) is 0.892. The molecular weight excluding hydrogens is 150 g/mol. The third kappa shape index (κ3) is 2.28. The van der Waals surface area contributed by atoms with Crippen molar-refractivity contribution in [2.24, 2.45) is 0 Å². The molecule has 0 amide bonds. The molecule has 3 N–H and O–H groups in total. The number of Topliss-reactive ketones (excluding diaryl/α,β-unsaturated/α-hetero) is 1. The highest BCUT2D eigenvalue weighted by Gasteiger charge is 2.02. The number of rotatable bonds is 3. The Hall–Kier alpha value is -0.680. The summed E-state index contributed by atoms with van der Waals surface area (Å²) in [5.74, 6) is 0.696. The van der Waals surface area contributed by atoms with E-state index >= 15 is 0 Å². The maximum absolute atomic E-state index is 10.5. The summed E-state index contributed by atoms with van der Waals surface area (Å²) in [7, 11) is 0. The largest absolute Gasteiger partial charge is 0.309 e. The zero-order valence-electron chi connectivity index (χ0n) is 5.60. The maximum atomic E-state index is 10.5. The lowest BCUT2D eigenvalue weighted by molar-refractivity contribution is -0.114. The van der Waals surface area contributed by atoms with Crippen molar-refractivity contribution in [2.45, 2.75) is 6.92 Å². The van der Waals surface area contributed by atoms with Gasteiger partial charge in [0, 0.05) is 6.20 Å². The van der Waals surface area contributed by atoms with Gasteiger partial charge >= 0.3 is 0 Å². The molecule has 0 aromatic rings. The number of carbonyl (C=O) groups is 1. The van der Waals surface area contributed by atoms with E-state index in [0.29, 0.717) is 5.75 Å². The first-order valence-electron chi connectivity index (χ1n) is 2.88. The van der Waals surface area contributed by atoms with Gasteiger partial charge in [0.2, 0.25) is 0 Å². The molecule has 0 spiro atoms. The van der Waals surface area contributed by atoms with Crippen LogP contribution in [0.3, 0.4) is 0 Å². The molecule has 0 aliphatic carbocycles. The van der Waals surface area contributed by atoms with Crippen molar-refractivity contribution in [1.29, 1.82) is 0 Å². The van der Waals surface area contributed by atoms with Crippen LogP contribution in [0.1, 0.15) is 6.92 Å². The zero-order chi connectivity index (χ0) is 7.40. The van der Waals surface area contributed by atoms with Crippen molar-refractivity contribution in [2.75, 3.05) is 5.75 Å². The van der Waals surface area contributed by atoms with Crippen LogP contribution in [0.4, 0.5) is 0 Å². The highest BCUT2D eigenvalue weighted by molar-refractivity contribution is 8.03. The third-order valence-corrected chi connectivity index (χ3v) is 1.97. The normalized spacial score (nSPS) is 15.5. The maximum Gasteiger partial charge on any atom is 0.140 e. The smallest absolute Gasteiger partial charge is 0.140 e. The fourth-order valence-corrected chi connectivity index (χ4v) is 1.12. The summed E-state index contributed by atoms with van der Waals surface area (Å²) in [6.45, 7) is 1.57. The van der Waals surface area contributed by atoms with E-state index in [9.17, 15) is 4.79 Å². The van der Waals surface area contributed by atoms with Crippen LogP contribution in [-0.4, -0.2) is 11.5 Å². The van der Waals surface area contributed by atoms with E-state index in [1.807, 2.05) is 0 Å². The van der Waals surface area contributed by atoms with Gasteiger partial charge in [-0.05, 0) is 6.92 Å². The fraction of sp³-hybridized carbons (Fsp3) is 0.400. The van der Waals surface area contributed by atoms with E-state index in [-0.39, 0.29) is 5.78 Å². The second-order valence-corrected chi connectivity index (χ2v) is 2.91. The van der Waals surface area contributed by atoms with Crippen molar-refractivity contribution in [3.8, 4) is 0 Å². The van der Waals surface area contributed by atoms with Crippen LogP contribution >= 0.6 is 11.8 Å². The first kappa shape index (κ1) is 7.43. The Morgan fingerprint density at radius 3 is 3.10 bits per heavy atom. The average Bonchev–Trinajstić information content (AvgIpc) is 2.34. The topological polar surface area (TPSA) is 53.2 Å². The lowest BCUT2D eigenvalue weighted by Crippen LogP contribution is -2.31. The Morgan fingerprint density at radius 2 is 2.60 bits per heavy atom. The van der Waals surface area contributed by atoms with Crippen LogP contribution in [0, 0.1) is 0 Å². The van der Waals surface area contributed by atoms with Gasteiger partial charge in [0.05, 0.1) is 5.75 Å². The Balaban J connectivity index is 2.19. The standard InChI is InChI=1S/C5H9N3OS/c1-4(9)3-10-5-2-6-8-7-5/h2,6-8H,3H2,1H3. The number of thioether (sulfide) groups is 1. The lowest BCUT2D eigenvalue weighted by atomic mass is 10.5. The van der Waals surface area contributed by atoms with Crippen LogP contribution in [0.5, 0.6) is 0 Å². The predicted molar refractivity (Wildman–Crippen MR) is 40.6 cm³/mol. The summed E-state index contributed by atoms with van der Waals surface area (Å²) in [5.41, 5.74) is 8.23. The van der Waals surface area contributed by atoms with Gasteiger partial charge in [0.25, 0.3) is 0 Å². The first-order valence-corrected chi connectivity index (χ1v) is 3.86. The van der Waals surface area contributed by atoms with Gasteiger partial charge in [-0.25, -0.2) is 0 Å². The van der Waals surface area contributed by atoms with Gasteiger partial charge in [0.1, 0.15) is 10.8 Å². The molecule has 1 rings (SSSR count). The van der Waals surface area contributed by atoms with Gasteiger partial charge in [-0.3, -0.25) is 10.2 Å². The number of hydrogen-bond donors (Lipinski definition) is 3. The molecule has 0 fully saturated rings. The molecular formula is C5H9N3OS. The molecule has 4 nitrogen and oxygen atoms in total. The summed E-state index contributed by atoms with van der Waals surface area (Å²) in [5, 5.41) is 0.940. The molecule has 0 saturated heterocycles. The summed E-state index contributed by atoms with van der Waals surface area (Å²) in [4.78, 5) is 10.5. The Labute approximate surface area is 63.4 Å². The van der Waals surface area contributed by atoms with E-state index in [0.717, 1.165) is 5.03 Å². The molecule has 1 heterocycles. The average molecular weight is 159 g/mol. The summed E-state index contributed by atoms with van der Waals surface area (Å²) in [6, 6.07) is 0. The number of ketones is 1. The molecule has 0 aromatic heterocycles. The molecule has 10 heavy (non-hydrogen) atoms. The molecule has 56 valence electrons. The van der Waals surface area contributed by atoms with Gasteiger partial charge < -0.3 is 5.43 Å². The van der Waals surface area contributed by atoms with E-state index in [1.54, 1.807) is 13.1 Å². The van der Waals surface area contributed by atoms with Crippen LogP contribution in [0.2, 0.25) is 0 Å². The van der Waals surface area contributed by atoms with Crippen molar-refractivity contribution in [3.05, 3.63) is 11.2 Å². The number of nitrogens with one attached hydrogen (secondary N) is 3. The highest BCUT2D eigenvalue weighted by atomic mass is 32.2. The molecule has 5 heteroatoms. The molecule has 0 saturated carbocycles. The Kier molecular flexibility index (Phi) is 2.58. The number of hydrazine groups is 2. The lowest BCUT2D eigenvalue weighted by Gasteiger charge is -1.98. The first-order chi connectivity index (χ1) is 4.79. The van der Waals surface area contributed by atoms with E-state index in [4.69, 9.17) is 0 Å². The highest BCUT2D eigenvalue weighted by Crippen LogP contribution is 2.11. The molecule has 0 unspecified atom stereocenters. The minimum absolute atomic E-state index is 0.180. The molecule has 1 aliphatic rings. The summed E-state index contributed by atoms with van der Waals surface area (Å²) in [6.07, 6.45) is 1.77. The second kappa shape index (κ2) is 3.48. The monoisotopic (exact) mass is 159 g/mol. The van der Waals surface area contributed by atoms with Crippen LogP contribution < -0.4 is 16.4 Å². The Bertz CT molecular complexity index is 168. The zero-order valence-corrected chi connectivity index (χ0v) is 6.42. The number of hydrogen-bond acceptors (Lipinski definition) is 5. The molecule has 0 atom stereocenters. The van der Waals surface area contributed by atoms with Gasteiger partial charge in [-0.2, -0.15) is 5.53 Å². The van der Waals surface area contributed by atoms with Gasteiger partial charge in [-0.15, -0.1) is 0 Å². The number of carbonyl (C=O) groups excluding carboxylic acids is 1. The molecule has 0 radical (unpaired) electrons. The predicted octanol–water partition coefficient (Wildman–Crippen LogP) is -0.280. The second-order valence-electron chi connectivity index (χ2n) is 1.89. The van der Waals surface area contributed by atoms with Crippen molar-refractivity contribution >= 4 is 17.5 Å². The SMILES string of the molecule is CC(=O)CSC1=CNNN1. The molecule has 1 aliphatic heterocycles. The summed E-state index contributed by atoms with van der Waals surface area (Å²) >= 11 is 1.47. The van der Waals surface area contributed by atoms with Crippen LogP contribution in [0.15, 0.2) is 11.2 Å². The van der Waals surface area contributed by atoms with Gasteiger partial charge in [0.15, 0.2) is 0 Å². The minimum Gasteiger partial charge on any atom is -0.309 e. The van der Waals surface area contributed by atoms with Crippen molar-refractivity contribution < 1.29 is 4.79 Å². The minimum atomic E-state index is 0.180. The molecule has 0 bridgehead atoms. The van der Waals surface area contributed by atoms with Gasteiger partial charge in [-0.1, -0.05) is 11.8 Å². The van der Waals surface area contributed by atoms with Crippen molar-refractivity contribution in [1.82, 2.24) is 16.4 Å². The van der Waals surface area contributed by atoms with Crippen LogP contribution in [0.25, 0.3) is 0 Å². The van der Waals surface area contributed by atoms with Crippen molar-refractivity contribution in [3.63, 3.8) is 0 Å². The fourth-order valence-electron chi connectivity index (χ4n) is 0.493. The Morgan fingerprint density at radius 1 is 1.80 bits per heavy atom. The van der Waals surface area contributed by atoms with Crippen LogP contribution in [-0.2, 0) is 4.79 Å². The summed E-state index contributed by atoms with van der Waals surface area (Å²) < 4.78 is 0.